The summed E-state index contributed by atoms with van der Waals surface area (Å²) in [6.45, 7) is 0. The van der Waals surface area contributed by atoms with E-state index >= 15 is 0 Å². The fraction of sp³-hybridized carbons (Fsp3) is 0. The first-order valence-corrected chi connectivity index (χ1v) is 5.86. The molecule has 0 aliphatic heterocycles. The minimum atomic E-state index is 0.686. The molecule has 0 saturated carbocycles. The van der Waals surface area contributed by atoms with E-state index in [1.54, 1.807) is 36.3 Å². The first-order valence-electron chi connectivity index (χ1n) is 4.28. The van der Waals surface area contributed by atoms with Crippen LogP contribution >= 0.6 is 35.0 Å². The molecule has 0 fully saturated rings. The second kappa shape index (κ2) is 4.88. The quantitative estimate of drug-likeness (QED) is 0.782. The molecule has 0 unspecified atom stereocenters. The summed E-state index contributed by atoms with van der Waals surface area (Å²) in [5.41, 5.74) is 0. The maximum atomic E-state index is 6.05. The lowest BCUT2D eigenvalue weighted by Gasteiger charge is -2.03. The van der Waals surface area contributed by atoms with Gasteiger partial charge in [0, 0.05) is 27.2 Å². The maximum absolute atomic E-state index is 6.05. The third-order valence-corrected chi connectivity index (χ3v) is 3.47. The zero-order chi connectivity index (χ0) is 10.7. The van der Waals surface area contributed by atoms with Crippen LogP contribution in [0.25, 0.3) is 0 Å². The highest BCUT2D eigenvalue weighted by Gasteiger charge is 2.03. The summed E-state index contributed by atoms with van der Waals surface area (Å²) in [5.74, 6) is 0. The van der Waals surface area contributed by atoms with Gasteiger partial charge in [0.25, 0.3) is 0 Å². The molecule has 0 aliphatic rings. The molecule has 0 amide bonds. The van der Waals surface area contributed by atoms with Gasteiger partial charge < -0.3 is 0 Å². The molecular formula is C11H7Cl2NS. The van der Waals surface area contributed by atoms with Crippen molar-refractivity contribution in [3.05, 3.63) is 52.8 Å². The highest BCUT2D eigenvalue weighted by atomic mass is 35.5. The number of hydrogen-bond acceptors (Lipinski definition) is 2. The van der Waals surface area contributed by atoms with E-state index in [9.17, 15) is 0 Å². The van der Waals surface area contributed by atoms with Crippen LogP contribution < -0.4 is 0 Å². The molecule has 1 aromatic carbocycles. The Balaban J connectivity index is 2.28. The number of halogens is 2. The molecule has 1 heterocycles. The first-order chi connectivity index (χ1) is 7.25. The lowest BCUT2D eigenvalue weighted by molar-refractivity contribution is 1.23. The first kappa shape index (κ1) is 10.8. The van der Waals surface area contributed by atoms with Gasteiger partial charge in [-0.1, -0.05) is 35.0 Å². The van der Waals surface area contributed by atoms with Crippen LogP contribution in [0, 0.1) is 0 Å². The Morgan fingerprint density at radius 2 is 2.00 bits per heavy atom. The summed E-state index contributed by atoms with van der Waals surface area (Å²) in [6, 6.07) is 9.29. The van der Waals surface area contributed by atoms with Crippen molar-refractivity contribution in [1.82, 2.24) is 4.98 Å². The van der Waals surface area contributed by atoms with Crippen molar-refractivity contribution in [1.29, 1.82) is 0 Å². The van der Waals surface area contributed by atoms with Gasteiger partial charge in [0.05, 0.1) is 5.02 Å². The second-order valence-electron chi connectivity index (χ2n) is 2.87. The number of rotatable bonds is 2. The molecule has 4 heteroatoms. The van der Waals surface area contributed by atoms with Crippen LogP contribution in [0.2, 0.25) is 10.0 Å². The van der Waals surface area contributed by atoms with Crippen molar-refractivity contribution < 1.29 is 0 Å². The number of aromatic nitrogens is 1. The van der Waals surface area contributed by atoms with Crippen molar-refractivity contribution in [3.63, 3.8) is 0 Å². The van der Waals surface area contributed by atoms with Crippen LogP contribution in [-0.2, 0) is 0 Å². The largest absolute Gasteiger partial charge is 0.264 e. The van der Waals surface area contributed by atoms with Crippen LogP contribution in [-0.4, -0.2) is 4.98 Å². The zero-order valence-electron chi connectivity index (χ0n) is 7.65. The maximum Gasteiger partial charge on any atom is 0.0546 e. The average Bonchev–Trinajstić information content (AvgIpc) is 2.25. The number of hydrogen-bond donors (Lipinski definition) is 0. The molecule has 1 aromatic heterocycles. The number of nitrogens with zero attached hydrogens (tertiary/aromatic N) is 1. The molecule has 0 radical (unpaired) electrons. The third kappa shape index (κ3) is 2.88. The van der Waals surface area contributed by atoms with Gasteiger partial charge in [-0.25, -0.2) is 0 Å². The van der Waals surface area contributed by atoms with Crippen LogP contribution in [0.4, 0.5) is 0 Å². The lowest BCUT2D eigenvalue weighted by Crippen LogP contribution is -1.77. The molecule has 2 rings (SSSR count). The normalized spacial score (nSPS) is 10.3. The molecule has 0 bridgehead atoms. The average molecular weight is 256 g/mol. The summed E-state index contributed by atoms with van der Waals surface area (Å²) in [5, 5.41) is 1.39. The van der Waals surface area contributed by atoms with Gasteiger partial charge in [0.2, 0.25) is 0 Å². The van der Waals surface area contributed by atoms with Crippen LogP contribution in [0.15, 0.2) is 52.5 Å². The second-order valence-corrected chi connectivity index (χ2v) is 4.82. The molecule has 76 valence electrons. The SMILES string of the molecule is Clc1ccc(Cl)c(Sc2cccnc2)c1. The minimum absolute atomic E-state index is 0.686. The highest BCUT2D eigenvalue weighted by Crippen LogP contribution is 2.34. The molecule has 2 aromatic rings. The molecule has 0 saturated heterocycles. The lowest BCUT2D eigenvalue weighted by atomic mass is 10.4. The summed E-state index contributed by atoms with van der Waals surface area (Å²) < 4.78 is 0. The number of benzene rings is 1. The third-order valence-electron chi connectivity index (χ3n) is 1.76. The summed E-state index contributed by atoms with van der Waals surface area (Å²) in [7, 11) is 0. The predicted octanol–water partition coefficient (Wildman–Crippen LogP) is 4.54. The predicted molar refractivity (Wildman–Crippen MR) is 64.8 cm³/mol. The molecule has 1 nitrogen and oxygen atoms in total. The Labute approximate surface area is 102 Å². The van der Waals surface area contributed by atoms with E-state index in [4.69, 9.17) is 23.2 Å². The zero-order valence-corrected chi connectivity index (χ0v) is 9.98. The summed E-state index contributed by atoms with van der Waals surface area (Å²) in [6.07, 6.45) is 3.53. The van der Waals surface area contributed by atoms with Gasteiger partial charge >= 0.3 is 0 Å². The fourth-order valence-electron chi connectivity index (χ4n) is 1.09. The van der Waals surface area contributed by atoms with E-state index in [-0.39, 0.29) is 0 Å². The van der Waals surface area contributed by atoms with Crippen LogP contribution in [0.1, 0.15) is 0 Å². The van der Waals surface area contributed by atoms with E-state index in [0.717, 1.165) is 9.79 Å². The van der Waals surface area contributed by atoms with E-state index in [0.29, 0.717) is 10.0 Å². The summed E-state index contributed by atoms with van der Waals surface area (Å²) >= 11 is 13.5. The van der Waals surface area contributed by atoms with Crippen LogP contribution in [0.3, 0.4) is 0 Å². The van der Waals surface area contributed by atoms with Gasteiger partial charge in [-0.3, -0.25) is 4.98 Å². The Morgan fingerprint density at radius 3 is 2.73 bits per heavy atom. The Morgan fingerprint density at radius 1 is 1.13 bits per heavy atom. The van der Waals surface area contributed by atoms with Crippen molar-refractivity contribution >= 4 is 35.0 Å². The van der Waals surface area contributed by atoms with Gasteiger partial charge in [-0.15, -0.1) is 0 Å². The fourth-order valence-corrected chi connectivity index (χ4v) is 2.43. The molecule has 15 heavy (non-hydrogen) atoms. The van der Waals surface area contributed by atoms with Crippen molar-refractivity contribution in [2.75, 3.05) is 0 Å². The molecular weight excluding hydrogens is 249 g/mol. The van der Waals surface area contributed by atoms with Crippen LogP contribution in [0.5, 0.6) is 0 Å². The highest BCUT2D eigenvalue weighted by molar-refractivity contribution is 7.99. The van der Waals surface area contributed by atoms with E-state index in [2.05, 4.69) is 4.98 Å². The summed E-state index contributed by atoms with van der Waals surface area (Å²) in [4.78, 5) is 6.02. The molecule has 0 N–H and O–H groups in total. The topological polar surface area (TPSA) is 12.9 Å². The van der Waals surface area contributed by atoms with E-state index < -0.39 is 0 Å². The molecule has 0 atom stereocenters. The van der Waals surface area contributed by atoms with Gasteiger partial charge in [-0.05, 0) is 30.3 Å². The van der Waals surface area contributed by atoms with Gasteiger partial charge in [-0.2, -0.15) is 0 Å². The van der Waals surface area contributed by atoms with Crippen molar-refractivity contribution in [2.24, 2.45) is 0 Å². The van der Waals surface area contributed by atoms with E-state index in [1.807, 2.05) is 18.2 Å². The van der Waals surface area contributed by atoms with Crippen molar-refractivity contribution in [2.45, 2.75) is 9.79 Å². The number of pyridine rings is 1. The van der Waals surface area contributed by atoms with Gasteiger partial charge in [0.1, 0.15) is 0 Å². The molecule has 0 aliphatic carbocycles. The van der Waals surface area contributed by atoms with Gasteiger partial charge in [0.15, 0.2) is 0 Å². The minimum Gasteiger partial charge on any atom is -0.264 e. The van der Waals surface area contributed by atoms with Crippen molar-refractivity contribution in [3.8, 4) is 0 Å². The smallest absolute Gasteiger partial charge is 0.0546 e. The molecule has 0 spiro atoms. The Bertz CT molecular complexity index is 459. The Hall–Kier alpha value is -0.700. The standard InChI is InChI=1S/C11H7Cl2NS/c12-8-3-4-10(13)11(6-8)15-9-2-1-5-14-7-9/h1-7H. The van der Waals surface area contributed by atoms with E-state index in [1.165, 1.54) is 0 Å². The monoisotopic (exact) mass is 255 g/mol. The Kier molecular flexibility index (Phi) is 3.52.